The molecule has 2 rings (SSSR count). The second kappa shape index (κ2) is 8.30. The standard InChI is InChI=1S/C21H27FN2O2/c1-6-12-24-13(4)17(20(25)18(22)14(24)5)21(26)23-19-15(7-2)10-9-11-16(19)8-3/h9-11H,6-8,12H2,1-5H3,(H,23,26). The van der Waals surface area contributed by atoms with Crippen molar-refractivity contribution in [2.24, 2.45) is 0 Å². The SMILES string of the molecule is CCCn1c(C)c(F)c(=O)c(C(=O)Nc2c(CC)cccc2CC)c1C. The summed E-state index contributed by atoms with van der Waals surface area (Å²) in [6.45, 7) is 9.82. The maximum Gasteiger partial charge on any atom is 0.261 e. The predicted molar refractivity (Wildman–Crippen MR) is 104 cm³/mol. The predicted octanol–water partition coefficient (Wildman–Crippen LogP) is 4.39. The van der Waals surface area contributed by atoms with Crippen LogP contribution in [0.5, 0.6) is 0 Å². The number of aromatic nitrogens is 1. The quantitative estimate of drug-likeness (QED) is 0.832. The van der Waals surface area contributed by atoms with E-state index in [-0.39, 0.29) is 11.3 Å². The molecule has 26 heavy (non-hydrogen) atoms. The zero-order valence-electron chi connectivity index (χ0n) is 16.2. The number of pyridine rings is 1. The summed E-state index contributed by atoms with van der Waals surface area (Å²) < 4.78 is 16.1. The molecular weight excluding hydrogens is 331 g/mol. The average Bonchev–Trinajstić information content (AvgIpc) is 2.63. The summed E-state index contributed by atoms with van der Waals surface area (Å²) in [7, 11) is 0. The van der Waals surface area contributed by atoms with Gasteiger partial charge in [-0.1, -0.05) is 39.0 Å². The number of nitrogens with one attached hydrogen (secondary N) is 1. The minimum atomic E-state index is -0.853. The number of aryl methyl sites for hydroxylation is 2. The Morgan fingerprint density at radius 3 is 2.15 bits per heavy atom. The Bertz CT molecular complexity index is 862. The fraction of sp³-hybridized carbons (Fsp3) is 0.429. The number of nitrogens with zero attached hydrogens (tertiary/aromatic N) is 1. The molecule has 1 heterocycles. The summed E-state index contributed by atoms with van der Waals surface area (Å²) in [5.41, 5.74) is 2.54. The van der Waals surface area contributed by atoms with Gasteiger partial charge in [0.1, 0.15) is 5.56 Å². The first kappa shape index (κ1) is 19.9. The van der Waals surface area contributed by atoms with Gasteiger partial charge in [0, 0.05) is 17.9 Å². The molecule has 0 saturated heterocycles. The molecule has 1 N–H and O–H groups in total. The van der Waals surface area contributed by atoms with Crippen LogP contribution in [0.25, 0.3) is 0 Å². The lowest BCUT2D eigenvalue weighted by Crippen LogP contribution is -2.30. The van der Waals surface area contributed by atoms with E-state index in [4.69, 9.17) is 0 Å². The normalized spacial score (nSPS) is 10.8. The van der Waals surface area contributed by atoms with Gasteiger partial charge in [-0.25, -0.2) is 4.39 Å². The Labute approximate surface area is 154 Å². The van der Waals surface area contributed by atoms with Gasteiger partial charge < -0.3 is 9.88 Å². The van der Waals surface area contributed by atoms with Crippen LogP contribution in [0, 0.1) is 19.7 Å². The lowest BCUT2D eigenvalue weighted by molar-refractivity contribution is 0.102. The topological polar surface area (TPSA) is 51.1 Å². The van der Waals surface area contributed by atoms with Crippen LogP contribution in [0.1, 0.15) is 60.1 Å². The average molecular weight is 358 g/mol. The summed E-state index contributed by atoms with van der Waals surface area (Å²) in [6, 6.07) is 5.86. The summed E-state index contributed by atoms with van der Waals surface area (Å²) >= 11 is 0. The molecule has 0 spiro atoms. The molecule has 0 aliphatic rings. The van der Waals surface area contributed by atoms with E-state index in [2.05, 4.69) is 5.32 Å². The minimum Gasteiger partial charge on any atom is -0.346 e. The van der Waals surface area contributed by atoms with Gasteiger partial charge in [-0.05, 0) is 44.2 Å². The number of benzene rings is 1. The van der Waals surface area contributed by atoms with Crippen molar-refractivity contribution in [1.82, 2.24) is 4.57 Å². The number of para-hydroxylation sites is 1. The number of carbonyl (C=O) groups is 1. The monoisotopic (exact) mass is 358 g/mol. The molecule has 4 nitrogen and oxygen atoms in total. The second-order valence-electron chi connectivity index (χ2n) is 6.45. The first-order valence-electron chi connectivity index (χ1n) is 9.18. The molecule has 1 amide bonds. The van der Waals surface area contributed by atoms with Crippen LogP contribution in [0.2, 0.25) is 0 Å². The number of anilines is 1. The second-order valence-corrected chi connectivity index (χ2v) is 6.45. The van der Waals surface area contributed by atoms with E-state index in [1.54, 1.807) is 18.4 Å². The molecule has 0 aliphatic carbocycles. The zero-order chi connectivity index (χ0) is 19.4. The highest BCUT2D eigenvalue weighted by atomic mass is 19.1. The van der Waals surface area contributed by atoms with Crippen molar-refractivity contribution >= 4 is 11.6 Å². The highest BCUT2D eigenvalue weighted by Gasteiger charge is 2.23. The highest BCUT2D eigenvalue weighted by Crippen LogP contribution is 2.23. The van der Waals surface area contributed by atoms with Gasteiger partial charge in [-0.2, -0.15) is 0 Å². The Hall–Kier alpha value is -2.43. The third-order valence-corrected chi connectivity index (χ3v) is 4.83. The van der Waals surface area contributed by atoms with E-state index in [9.17, 15) is 14.0 Å². The van der Waals surface area contributed by atoms with Crippen LogP contribution in [-0.4, -0.2) is 10.5 Å². The van der Waals surface area contributed by atoms with Crippen molar-refractivity contribution in [3.05, 3.63) is 62.3 Å². The summed E-state index contributed by atoms with van der Waals surface area (Å²) in [4.78, 5) is 25.4. The van der Waals surface area contributed by atoms with Crippen molar-refractivity contribution in [3.8, 4) is 0 Å². The maximum absolute atomic E-state index is 14.4. The number of carbonyl (C=O) groups excluding carboxylic acids is 1. The Balaban J connectivity index is 2.57. The summed E-state index contributed by atoms with van der Waals surface area (Å²) in [6.07, 6.45) is 2.29. The third-order valence-electron chi connectivity index (χ3n) is 4.83. The van der Waals surface area contributed by atoms with Gasteiger partial charge in [0.25, 0.3) is 5.91 Å². The lowest BCUT2D eigenvalue weighted by atomic mass is 10.0. The molecule has 0 saturated carbocycles. The van der Waals surface area contributed by atoms with E-state index in [1.807, 2.05) is 39.0 Å². The molecule has 0 bridgehead atoms. The first-order chi connectivity index (χ1) is 12.4. The molecule has 1 aromatic carbocycles. The third kappa shape index (κ3) is 3.57. The van der Waals surface area contributed by atoms with Gasteiger partial charge in [0.15, 0.2) is 5.82 Å². The van der Waals surface area contributed by atoms with Crippen molar-refractivity contribution in [1.29, 1.82) is 0 Å². The van der Waals surface area contributed by atoms with Crippen LogP contribution >= 0.6 is 0 Å². The molecule has 0 aliphatic heterocycles. The molecule has 0 fully saturated rings. The summed E-state index contributed by atoms with van der Waals surface area (Å²) in [5.74, 6) is -1.40. The first-order valence-corrected chi connectivity index (χ1v) is 9.18. The molecule has 0 atom stereocenters. The highest BCUT2D eigenvalue weighted by molar-refractivity contribution is 6.05. The number of hydrogen-bond donors (Lipinski definition) is 1. The Morgan fingerprint density at radius 2 is 1.65 bits per heavy atom. The maximum atomic E-state index is 14.4. The van der Waals surface area contributed by atoms with Crippen molar-refractivity contribution in [3.63, 3.8) is 0 Å². The van der Waals surface area contributed by atoms with E-state index >= 15 is 0 Å². The van der Waals surface area contributed by atoms with Crippen LogP contribution in [-0.2, 0) is 19.4 Å². The van der Waals surface area contributed by atoms with Gasteiger partial charge in [0.05, 0.1) is 5.69 Å². The number of halogens is 1. The molecule has 140 valence electrons. The van der Waals surface area contributed by atoms with Gasteiger partial charge in [-0.15, -0.1) is 0 Å². The van der Waals surface area contributed by atoms with E-state index in [0.29, 0.717) is 12.2 Å². The van der Waals surface area contributed by atoms with E-state index in [1.165, 1.54) is 0 Å². The Morgan fingerprint density at radius 1 is 1.08 bits per heavy atom. The van der Waals surface area contributed by atoms with Gasteiger partial charge >= 0.3 is 0 Å². The molecule has 0 unspecified atom stereocenters. The fourth-order valence-electron chi connectivity index (χ4n) is 3.35. The van der Waals surface area contributed by atoms with Crippen LogP contribution in [0.4, 0.5) is 10.1 Å². The van der Waals surface area contributed by atoms with Crippen molar-refractivity contribution in [2.75, 3.05) is 5.32 Å². The number of rotatable bonds is 6. The van der Waals surface area contributed by atoms with Crippen LogP contribution in [0.3, 0.4) is 0 Å². The van der Waals surface area contributed by atoms with E-state index in [0.717, 1.165) is 36.1 Å². The van der Waals surface area contributed by atoms with Crippen molar-refractivity contribution in [2.45, 2.75) is 60.4 Å². The lowest BCUT2D eigenvalue weighted by Gasteiger charge is -2.19. The molecule has 5 heteroatoms. The minimum absolute atomic E-state index is 0.116. The van der Waals surface area contributed by atoms with Crippen molar-refractivity contribution < 1.29 is 9.18 Å². The number of hydrogen-bond acceptors (Lipinski definition) is 2. The van der Waals surface area contributed by atoms with Gasteiger partial charge in [-0.3, -0.25) is 9.59 Å². The molecule has 2 aromatic rings. The Kier molecular flexibility index (Phi) is 6.35. The molecule has 1 aromatic heterocycles. The largest absolute Gasteiger partial charge is 0.346 e. The molecule has 0 radical (unpaired) electrons. The van der Waals surface area contributed by atoms with Gasteiger partial charge in [0.2, 0.25) is 5.43 Å². The fourth-order valence-corrected chi connectivity index (χ4v) is 3.35. The summed E-state index contributed by atoms with van der Waals surface area (Å²) in [5, 5.41) is 2.88. The molecular formula is C21H27FN2O2. The van der Waals surface area contributed by atoms with Crippen LogP contribution in [0.15, 0.2) is 23.0 Å². The smallest absolute Gasteiger partial charge is 0.261 e. The number of amides is 1. The van der Waals surface area contributed by atoms with E-state index < -0.39 is 17.2 Å². The van der Waals surface area contributed by atoms with Crippen LogP contribution < -0.4 is 10.7 Å². The zero-order valence-corrected chi connectivity index (χ0v) is 16.2.